The van der Waals surface area contributed by atoms with E-state index in [0.29, 0.717) is 13.1 Å². The second kappa shape index (κ2) is 5.99. The third-order valence-electron chi connectivity index (χ3n) is 2.85. The first-order valence-electron chi connectivity index (χ1n) is 6.03. The first-order valence-corrected chi connectivity index (χ1v) is 6.03. The summed E-state index contributed by atoms with van der Waals surface area (Å²) in [4.78, 5) is 25.1. The molecule has 0 atom stereocenters. The van der Waals surface area contributed by atoms with Crippen LogP contribution in [0.5, 0.6) is 0 Å². The Kier molecular flexibility index (Phi) is 4.12. The Labute approximate surface area is 110 Å². The first kappa shape index (κ1) is 13.1. The van der Waals surface area contributed by atoms with Crippen molar-refractivity contribution in [3.05, 3.63) is 53.2 Å². The fraction of sp³-hybridized carbons (Fsp3) is 0.308. The van der Waals surface area contributed by atoms with Crippen molar-refractivity contribution < 1.29 is 4.79 Å². The van der Waals surface area contributed by atoms with Crippen molar-refractivity contribution in [1.29, 1.82) is 0 Å². The Morgan fingerprint density at radius 2 is 2.16 bits per heavy atom. The maximum absolute atomic E-state index is 12.0. The molecule has 2 aromatic heterocycles. The Bertz CT molecular complexity index is 589. The lowest BCUT2D eigenvalue weighted by atomic mass is 10.4. The predicted octanol–water partition coefficient (Wildman–Crippen LogP) is 0.203. The van der Waals surface area contributed by atoms with Crippen molar-refractivity contribution in [2.45, 2.75) is 13.1 Å². The number of hydrogen-bond acceptors (Lipinski definition) is 3. The van der Waals surface area contributed by atoms with Crippen LogP contribution in [-0.4, -0.2) is 38.7 Å². The molecular formula is C13H16N4O2. The minimum absolute atomic E-state index is 0.0648. The zero-order chi connectivity index (χ0) is 13.7. The van der Waals surface area contributed by atoms with Gasteiger partial charge in [-0.3, -0.25) is 14.3 Å². The topological polar surface area (TPSA) is 60.1 Å². The van der Waals surface area contributed by atoms with Crippen molar-refractivity contribution in [3.8, 4) is 0 Å². The van der Waals surface area contributed by atoms with Gasteiger partial charge in [0.25, 0.3) is 5.56 Å². The van der Waals surface area contributed by atoms with E-state index in [0.717, 1.165) is 0 Å². The van der Waals surface area contributed by atoms with E-state index in [1.54, 1.807) is 41.2 Å². The average Bonchev–Trinajstić information content (AvgIpc) is 2.91. The Morgan fingerprint density at radius 3 is 2.84 bits per heavy atom. The molecule has 0 aromatic carbocycles. The Morgan fingerprint density at radius 1 is 1.32 bits per heavy atom. The minimum Gasteiger partial charge on any atom is -0.342 e. The molecule has 0 fully saturated rings. The van der Waals surface area contributed by atoms with Gasteiger partial charge in [-0.05, 0) is 12.1 Å². The molecule has 6 nitrogen and oxygen atoms in total. The lowest BCUT2D eigenvalue weighted by Crippen LogP contribution is -2.35. The van der Waals surface area contributed by atoms with Crippen molar-refractivity contribution in [1.82, 2.24) is 19.2 Å². The van der Waals surface area contributed by atoms with Gasteiger partial charge >= 0.3 is 0 Å². The van der Waals surface area contributed by atoms with Crippen molar-refractivity contribution in [3.63, 3.8) is 0 Å². The highest BCUT2D eigenvalue weighted by molar-refractivity contribution is 5.75. The highest BCUT2D eigenvalue weighted by Crippen LogP contribution is 1.92. The molecule has 0 aliphatic carbocycles. The molecule has 0 unspecified atom stereocenters. The largest absolute Gasteiger partial charge is 0.342 e. The van der Waals surface area contributed by atoms with Crippen LogP contribution >= 0.6 is 0 Å². The van der Waals surface area contributed by atoms with E-state index >= 15 is 0 Å². The van der Waals surface area contributed by atoms with E-state index < -0.39 is 0 Å². The van der Waals surface area contributed by atoms with Crippen LogP contribution < -0.4 is 5.56 Å². The highest BCUT2D eigenvalue weighted by Gasteiger charge is 2.09. The van der Waals surface area contributed by atoms with Gasteiger partial charge in [0.15, 0.2) is 0 Å². The van der Waals surface area contributed by atoms with E-state index in [4.69, 9.17) is 0 Å². The Balaban J connectivity index is 1.89. The lowest BCUT2D eigenvalue weighted by molar-refractivity contribution is -0.130. The maximum Gasteiger partial charge on any atom is 0.250 e. The summed E-state index contributed by atoms with van der Waals surface area (Å²) in [7, 11) is 1.72. The van der Waals surface area contributed by atoms with Gasteiger partial charge in [-0.15, -0.1) is 0 Å². The fourth-order valence-corrected chi connectivity index (χ4v) is 1.67. The quantitative estimate of drug-likeness (QED) is 0.771. The summed E-state index contributed by atoms with van der Waals surface area (Å²) in [6.45, 7) is 1.26. The fourth-order valence-electron chi connectivity index (χ4n) is 1.67. The minimum atomic E-state index is -0.170. The Hall–Kier alpha value is -2.37. The van der Waals surface area contributed by atoms with Gasteiger partial charge < -0.3 is 9.47 Å². The molecule has 1 amide bonds. The van der Waals surface area contributed by atoms with E-state index in [9.17, 15) is 9.59 Å². The van der Waals surface area contributed by atoms with Gasteiger partial charge in [0.2, 0.25) is 5.91 Å². The normalized spacial score (nSPS) is 10.4. The van der Waals surface area contributed by atoms with Gasteiger partial charge in [-0.1, -0.05) is 6.07 Å². The third kappa shape index (κ3) is 3.54. The van der Waals surface area contributed by atoms with Crippen LogP contribution in [0.1, 0.15) is 0 Å². The molecular weight excluding hydrogens is 244 g/mol. The van der Waals surface area contributed by atoms with Crippen LogP contribution in [0.15, 0.2) is 47.7 Å². The maximum atomic E-state index is 12.0. The molecule has 0 saturated carbocycles. The van der Waals surface area contributed by atoms with Crippen LogP contribution in [0.25, 0.3) is 0 Å². The third-order valence-corrected chi connectivity index (χ3v) is 2.85. The van der Waals surface area contributed by atoms with Crippen molar-refractivity contribution in [2.75, 3.05) is 13.6 Å². The molecule has 0 spiro atoms. The van der Waals surface area contributed by atoms with Crippen molar-refractivity contribution >= 4 is 5.91 Å². The summed E-state index contributed by atoms with van der Waals surface area (Å²) in [5, 5.41) is 4.07. The molecule has 0 N–H and O–H groups in total. The first-order chi connectivity index (χ1) is 9.16. The monoisotopic (exact) mass is 260 g/mol. The van der Waals surface area contributed by atoms with Crippen LogP contribution in [0.2, 0.25) is 0 Å². The molecule has 2 heterocycles. The van der Waals surface area contributed by atoms with Crippen LogP contribution in [0.3, 0.4) is 0 Å². The van der Waals surface area contributed by atoms with E-state index in [1.165, 1.54) is 10.6 Å². The molecule has 0 aliphatic rings. The summed E-state index contributed by atoms with van der Waals surface area (Å²) in [5.74, 6) is -0.0968. The standard InChI is InChI=1S/C13H16N4O2/c1-15(9-10-17-8-4-6-14-17)13(19)11-16-7-3-2-5-12(16)18/h2-8H,9-11H2,1H3. The van der Waals surface area contributed by atoms with Crippen LogP contribution in [-0.2, 0) is 17.9 Å². The second-order valence-corrected chi connectivity index (χ2v) is 4.25. The number of pyridine rings is 1. The number of amides is 1. The molecule has 2 aromatic rings. The number of rotatable bonds is 5. The van der Waals surface area contributed by atoms with Crippen molar-refractivity contribution in [2.24, 2.45) is 0 Å². The summed E-state index contributed by atoms with van der Waals surface area (Å²) >= 11 is 0. The molecule has 0 aliphatic heterocycles. The van der Waals surface area contributed by atoms with E-state index in [-0.39, 0.29) is 18.0 Å². The van der Waals surface area contributed by atoms with Crippen LogP contribution in [0, 0.1) is 0 Å². The van der Waals surface area contributed by atoms with Gasteiger partial charge in [-0.25, -0.2) is 0 Å². The van der Waals surface area contributed by atoms with E-state index in [2.05, 4.69) is 5.10 Å². The summed E-state index contributed by atoms with van der Waals surface area (Å²) in [6.07, 6.45) is 5.16. The smallest absolute Gasteiger partial charge is 0.250 e. The molecule has 19 heavy (non-hydrogen) atoms. The highest BCUT2D eigenvalue weighted by atomic mass is 16.2. The predicted molar refractivity (Wildman–Crippen MR) is 70.6 cm³/mol. The van der Waals surface area contributed by atoms with Gasteiger partial charge in [-0.2, -0.15) is 5.10 Å². The van der Waals surface area contributed by atoms with Gasteiger partial charge in [0.05, 0.1) is 6.54 Å². The number of carbonyl (C=O) groups excluding carboxylic acids is 1. The number of carbonyl (C=O) groups is 1. The zero-order valence-corrected chi connectivity index (χ0v) is 10.8. The summed E-state index contributed by atoms with van der Waals surface area (Å²) < 4.78 is 3.16. The lowest BCUT2D eigenvalue weighted by Gasteiger charge is -2.17. The number of nitrogens with zero attached hydrogens (tertiary/aromatic N) is 4. The number of aromatic nitrogens is 3. The average molecular weight is 260 g/mol. The molecule has 6 heteroatoms. The van der Waals surface area contributed by atoms with Gasteiger partial charge in [0.1, 0.15) is 6.54 Å². The summed E-state index contributed by atoms with van der Waals surface area (Å²) in [5.41, 5.74) is -0.170. The van der Waals surface area contributed by atoms with Gasteiger partial charge in [0, 0.05) is 38.2 Å². The number of hydrogen-bond donors (Lipinski definition) is 0. The number of likely N-dealkylation sites (N-methyl/N-ethyl adjacent to an activating group) is 1. The summed E-state index contributed by atoms with van der Waals surface area (Å²) in [6, 6.07) is 6.67. The molecule has 0 saturated heterocycles. The zero-order valence-electron chi connectivity index (χ0n) is 10.8. The molecule has 0 radical (unpaired) electrons. The van der Waals surface area contributed by atoms with Crippen LogP contribution in [0.4, 0.5) is 0 Å². The SMILES string of the molecule is CN(CCn1cccn1)C(=O)Cn1ccccc1=O. The molecule has 0 bridgehead atoms. The second-order valence-electron chi connectivity index (χ2n) is 4.25. The molecule has 2 rings (SSSR count). The van der Waals surface area contributed by atoms with E-state index in [1.807, 2.05) is 12.3 Å². The molecule has 100 valence electrons.